The second kappa shape index (κ2) is 7.20. The molecule has 2 aromatic rings. The van der Waals surface area contributed by atoms with E-state index in [0.29, 0.717) is 17.5 Å². The summed E-state index contributed by atoms with van der Waals surface area (Å²) in [5.41, 5.74) is 0.950. The zero-order valence-electron chi connectivity index (χ0n) is 11.4. The van der Waals surface area contributed by atoms with Crippen LogP contribution in [0.25, 0.3) is 0 Å². The predicted octanol–water partition coefficient (Wildman–Crippen LogP) is 3.88. The maximum absolute atomic E-state index is 13.0. The summed E-state index contributed by atoms with van der Waals surface area (Å²) in [5, 5.41) is 3.64. The van der Waals surface area contributed by atoms with Crippen molar-refractivity contribution in [1.29, 1.82) is 0 Å². The van der Waals surface area contributed by atoms with Crippen molar-refractivity contribution >= 4 is 17.4 Å². The number of aromatic nitrogens is 2. The molecule has 0 saturated heterocycles. The Morgan fingerprint density at radius 2 is 2.05 bits per heavy atom. The first-order chi connectivity index (χ1) is 9.67. The van der Waals surface area contributed by atoms with E-state index in [4.69, 9.17) is 11.6 Å². The summed E-state index contributed by atoms with van der Waals surface area (Å²) in [7, 11) is 0. The number of benzene rings is 1. The van der Waals surface area contributed by atoms with Crippen molar-refractivity contribution in [2.24, 2.45) is 0 Å². The number of nitrogens with zero attached hydrogens (tertiary/aromatic N) is 2. The van der Waals surface area contributed by atoms with Gasteiger partial charge in [0.2, 0.25) is 0 Å². The molecule has 3 nitrogen and oxygen atoms in total. The van der Waals surface area contributed by atoms with E-state index in [0.717, 1.165) is 30.7 Å². The molecule has 2 rings (SSSR count). The third-order valence-corrected chi connectivity index (χ3v) is 3.02. The Bertz CT molecular complexity index is 575. The van der Waals surface area contributed by atoms with Gasteiger partial charge < -0.3 is 5.32 Å². The lowest BCUT2D eigenvalue weighted by Crippen LogP contribution is -2.08. The van der Waals surface area contributed by atoms with E-state index in [1.54, 1.807) is 12.1 Å². The van der Waals surface area contributed by atoms with Crippen LogP contribution >= 0.6 is 11.6 Å². The molecule has 0 radical (unpaired) electrons. The van der Waals surface area contributed by atoms with Crippen molar-refractivity contribution in [2.45, 2.75) is 26.2 Å². The molecule has 1 aromatic heterocycles. The van der Waals surface area contributed by atoms with Gasteiger partial charge in [-0.2, -0.15) is 0 Å². The van der Waals surface area contributed by atoms with Crippen molar-refractivity contribution in [2.75, 3.05) is 11.9 Å². The Hall–Kier alpha value is -1.68. The topological polar surface area (TPSA) is 37.8 Å². The Kier molecular flexibility index (Phi) is 5.30. The van der Waals surface area contributed by atoms with E-state index < -0.39 is 0 Å². The maximum Gasteiger partial charge on any atom is 0.134 e. The molecule has 0 aliphatic heterocycles. The number of rotatable bonds is 6. The fraction of sp³-hybridized carbons (Fsp3) is 0.333. The molecule has 0 aliphatic rings. The summed E-state index contributed by atoms with van der Waals surface area (Å²) in [4.78, 5) is 8.56. The first-order valence-corrected chi connectivity index (χ1v) is 7.07. The van der Waals surface area contributed by atoms with Crippen LogP contribution in [0.4, 0.5) is 10.2 Å². The van der Waals surface area contributed by atoms with E-state index in [2.05, 4.69) is 22.2 Å². The standard InChI is InChI=1S/C15H17ClFN3/c1-2-4-14-19-13(16)10-15(20-14)18-8-7-11-5-3-6-12(17)9-11/h3,5-6,9-10H,2,4,7-8H2,1H3,(H,18,19,20). The molecule has 0 atom stereocenters. The minimum absolute atomic E-state index is 0.210. The minimum Gasteiger partial charge on any atom is -0.370 e. The molecule has 5 heteroatoms. The molecular weight excluding hydrogens is 277 g/mol. The van der Waals surface area contributed by atoms with E-state index >= 15 is 0 Å². The van der Waals surface area contributed by atoms with E-state index in [9.17, 15) is 4.39 Å². The normalized spacial score (nSPS) is 10.6. The lowest BCUT2D eigenvalue weighted by molar-refractivity contribution is 0.625. The number of aryl methyl sites for hydroxylation is 1. The van der Waals surface area contributed by atoms with Gasteiger partial charge >= 0.3 is 0 Å². The highest BCUT2D eigenvalue weighted by Crippen LogP contribution is 2.13. The van der Waals surface area contributed by atoms with Gasteiger partial charge in [-0.25, -0.2) is 14.4 Å². The molecule has 0 unspecified atom stereocenters. The van der Waals surface area contributed by atoms with Gasteiger partial charge in [0.25, 0.3) is 0 Å². The Balaban J connectivity index is 1.93. The number of halogens is 2. The smallest absolute Gasteiger partial charge is 0.134 e. The molecule has 0 bridgehead atoms. The second-order valence-corrected chi connectivity index (χ2v) is 4.94. The molecule has 1 aromatic carbocycles. The van der Waals surface area contributed by atoms with Crippen LogP contribution in [0.5, 0.6) is 0 Å². The first-order valence-electron chi connectivity index (χ1n) is 6.69. The number of nitrogens with one attached hydrogen (secondary N) is 1. The van der Waals surface area contributed by atoms with Crippen molar-refractivity contribution in [3.05, 3.63) is 52.7 Å². The van der Waals surface area contributed by atoms with E-state index in [1.165, 1.54) is 12.1 Å². The van der Waals surface area contributed by atoms with Crippen molar-refractivity contribution in [1.82, 2.24) is 9.97 Å². The van der Waals surface area contributed by atoms with Crippen molar-refractivity contribution < 1.29 is 4.39 Å². The fourth-order valence-corrected chi connectivity index (χ4v) is 2.12. The lowest BCUT2D eigenvalue weighted by atomic mass is 10.1. The molecule has 1 N–H and O–H groups in total. The molecule has 0 spiro atoms. The third kappa shape index (κ3) is 4.46. The zero-order chi connectivity index (χ0) is 14.4. The molecular formula is C15H17ClFN3. The summed E-state index contributed by atoms with van der Waals surface area (Å²) in [6, 6.07) is 8.30. The molecule has 0 saturated carbocycles. The zero-order valence-corrected chi connectivity index (χ0v) is 12.1. The van der Waals surface area contributed by atoms with Crippen LogP contribution in [0.1, 0.15) is 24.7 Å². The van der Waals surface area contributed by atoms with Crippen LogP contribution in [0.2, 0.25) is 5.15 Å². The molecule has 0 amide bonds. The van der Waals surface area contributed by atoms with Gasteiger partial charge in [-0.05, 0) is 30.5 Å². The summed E-state index contributed by atoms with van der Waals surface area (Å²) in [5.74, 6) is 1.25. The Morgan fingerprint density at radius 1 is 1.20 bits per heavy atom. The third-order valence-electron chi connectivity index (χ3n) is 2.82. The van der Waals surface area contributed by atoms with Gasteiger partial charge in [0.05, 0.1) is 0 Å². The quantitative estimate of drug-likeness (QED) is 0.822. The molecule has 20 heavy (non-hydrogen) atoms. The predicted molar refractivity (Wildman–Crippen MR) is 79.6 cm³/mol. The number of hydrogen-bond donors (Lipinski definition) is 1. The molecule has 1 heterocycles. The van der Waals surface area contributed by atoms with Gasteiger partial charge in [0, 0.05) is 19.0 Å². The highest BCUT2D eigenvalue weighted by atomic mass is 35.5. The van der Waals surface area contributed by atoms with Gasteiger partial charge in [-0.1, -0.05) is 30.7 Å². The van der Waals surface area contributed by atoms with Gasteiger partial charge in [-0.15, -0.1) is 0 Å². The largest absolute Gasteiger partial charge is 0.370 e. The average Bonchev–Trinajstić information content (AvgIpc) is 2.38. The summed E-state index contributed by atoms with van der Waals surface area (Å²) < 4.78 is 13.0. The fourth-order valence-electron chi connectivity index (χ4n) is 1.92. The average molecular weight is 294 g/mol. The van der Waals surface area contributed by atoms with Crippen LogP contribution in [0.3, 0.4) is 0 Å². The SMILES string of the molecule is CCCc1nc(Cl)cc(NCCc2cccc(F)c2)n1. The van der Waals surface area contributed by atoms with Gasteiger partial charge in [-0.3, -0.25) is 0 Å². The van der Waals surface area contributed by atoms with Gasteiger partial charge in [0.15, 0.2) is 0 Å². The van der Waals surface area contributed by atoms with Crippen LogP contribution in [0.15, 0.2) is 30.3 Å². The Labute approximate surface area is 123 Å². The van der Waals surface area contributed by atoms with Crippen LogP contribution in [-0.2, 0) is 12.8 Å². The van der Waals surface area contributed by atoms with Gasteiger partial charge in [0.1, 0.15) is 22.6 Å². The van der Waals surface area contributed by atoms with E-state index in [-0.39, 0.29) is 5.82 Å². The first kappa shape index (κ1) is 14.7. The maximum atomic E-state index is 13.0. The number of hydrogen-bond acceptors (Lipinski definition) is 3. The van der Waals surface area contributed by atoms with Crippen molar-refractivity contribution in [3.8, 4) is 0 Å². The summed E-state index contributed by atoms with van der Waals surface area (Å²) in [6.45, 7) is 2.74. The highest BCUT2D eigenvalue weighted by molar-refractivity contribution is 6.29. The van der Waals surface area contributed by atoms with Crippen LogP contribution in [-0.4, -0.2) is 16.5 Å². The number of anilines is 1. The monoisotopic (exact) mass is 293 g/mol. The highest BCUT2D eigenvalue weighted by Gasteiger charge is 2.03. The lowest BCUT2D eigenvalue weighted by Gasteiger charge is -2.08. The summed E-state index contributed by atoms with van der Waals surface area (Å²) >= 11 is 5.96. The molecule has 0 fully saturated rings. The summed E-state index contributed by atoms with van der Waals surface area (Å²) in [6.07, 6.45) is 2.50. The van der Waals surface area contributed by atoms with Crippen LogP contribution in [0, 0.1) is 5.82 Å². The van der Waals surface area contributed by atoms with E-state index in [1.807, 2.05) is 6.07 Å². The van der Waals surface area contributed by atoms with Crippen LogP contribution < -0.4 is 5.32 Å². The van der Waals surface area contributed by atoms with Crippen molar-refractivity contribution in [3.63, 3.8) is 0 Å². The second-order valence-electron chi connectivity index (χ2n) is 4.55. The Morgan fingerprint density at radius 3 is 2.80 bits per heavy atom. The molecule has 106 valence electrons. The molecule has 0 aliphatic carbocycles. The minimum atomic E-state index is -0.210.